The van der Waals surface area contributed by atoms with Crippen LogP contribution in [-0.2, 0) is 4.79 Å². The fourth-order valence-electron chi connectivity index (χ4n) is 2.35. The summed E-state index contributed by atoms with van der Waals surface area (Å²) in [6.07, 6.45) is 7.61. The summed E-state index contributed by atoms with van der Waals surface area (Å²) in [5.41, 5.74) is 5.70. The molecule has 1 saturated carbocycles. The van der Waals surface area contributed by atoms with E-state index in [9.17, 15) is 4.79 Å². The number of amides is 1. The van der Waals surface area contributed by atoms with E-state index >= 15 is 0 Å². The highest BCUT2D eigenvalue weighted by Crippen LogP contribution is 2.35. The van der Waals surface area contributed by atoms with Gasteiger partial charge in [0.25, 0.3) is 0 Å². The van der Waals surface area contributed by atoms with Crippen molar-refractivity contribution < 1.29 is 4.79 Å². The molecule has 1 atom stereocenters. The van der Waals surface area contributed by atoms with Crippen molar-refractivity contribution in [3.63, 3.8) is 0 Å². The van der Waals surface area contributed by atoms with E-state index in [4.69, 9.17) is 5.73 Å². The molecule has 1 unspecified atom stereocenters. The maximum Gasteiger partial charge on any atom is 0.225 e. The first-order valence-electron chi connectivity index (χ1n) is 6.62. The molecule has 16 heavy (non-hydrogen) atoms. The molecule has 94 valence electrons. The molecule has 3 nitrogen and oxygen atoms in total. The highest BCUT2D eigenvalue weighted by Gasteiger charge is 2.33. The van der Waals surface area contributed by atoms with Gasteiger partial charge in [0.2, 0.25) is 5.91 Å². The second kappa shape index (κ2) is 6.24. The first-order valence-corrected chi connectivity index (χ1v) is 6.62. The zero-order chi connectivity index (χ0) is 12.0. The molecule has 1 aliphatic rings. The molecular weight excluding hydrogens is 200 g/mol. The molecule has 0 spiro atoms. The van der Waals surface area contributed by atoms with Crippen LogP contribution in [0, 0.1) is 5.41 Å². The Bertz CT molecular complexity index is 222. The van der Waals surface area contributed by atoms with E-state index in [-0.39, 0.29) is 17.4 Å². The smallest absolute Gasteiger partial charge is 0.225 e. The lowest BCUT2D eigenvalue weighted by Gasteiger charge is -2.32. The largest absolute Gasteiger partial charge is 0.356 e. The Hall–Kier alpha value is -0.570. The van der Waals surface area contributed by atoms with E-state index < -0.39 is 0 Å². The highest BCUT2D eigenvalue weighted by atomic mass is 16.2. The molecule has 1 rings (SSSR count). The van der Waals surface area contributed by atoms with Gasteiger partial charge >= 0.3 is 0 Å². The standard InChI is InChI=1S/C13H26N2O/c1-3-11(14)7-10-15-12(16)13(2)8-5-4-6-9-13/h11H,3-10,14H2,1-2H3,(H,15,16). The van der Waals surface area contributed by atoms with Crippen molar-refractivity contribution in [3.05, 3.63) is 0 Å². The van der Waals surface area contributed by atoms with E-state index in [1.807, 2.05) is 0 Å². The maximum atomic E-state index is 12.0. The fraction of sp³-hybridized carbons (Fsp3) is 0.923. The van der Waals surface area contributed by atoms with Crippen molar-refractivity contribution in [2.24, 2.45) is 11.1 Å². The lowest BCUT2D eigenvalue weighted by Crippen LogP contribution is -2.41. The first-order chi connectivity index (χ1) is 7.58. The molecule has 0 bridgehead atoms. The number of hydrogen-bond acceptors (Lipinski definition) is 2. The third-order valence-electron chi connectivity index (χ3n) is 3.83. The quantitative estimate of drug-likeness (QED) is 0.755. The van der Waals surface area contributed by atoms with Gasteiger partial charge in [-0.25, -0.2) is 0 Å². The molecule has 3 N–H and O–H groups in total. The minimum absolute atomic E-state index is 0.117. The first kappa shape index (κ1) is 13.5. The van der Waals surface area contributed by atoms with Crippen LogP contribution in [0.15, 0.2) is 0 Å². The Morgan fingerprint density at radius 3 is 2.56 bits per heavy atom. The van der Waals surface area contributed by atoms with Gasteiger partial charge in [0, 0.05) is 18.0 Å². The Balaban J connectivity index is 2.28. The normalized spacial score (nSPS) is 21.4. The van der Waals surface area contributed by atoms with Gasteiger partial charge < -0.3 is 11.1 Å². The second-order valence-corrected chi connectivity index (χ2v) is 5.33. The molecular formula is C13H26N2O. The highest BCUT2D eigenvalue weighted by molar-refractivity contribution is 5.82. The van der Waals surface area contributed by atoms with Gasteiger partial charge in [-0.1, -0.05) is 33.1 Å². The Labute approximate surface area is 99.2 Å². The fourth-order valence-corrected chi connectivity index (χ4v) is 2.35. The summed E-state index contributed by atoms with van der Waals surface area (Å²) in [5, 5.41) is 3.04. The van der Waals surface area contributed by atoms with Gasteiger partial charge in [-0.15, -0.1) is 0 Å². The van der Waals surface area contributed by atoms with Crippen LogP contribution in [0.1, 0.15) is 58.8 Å². The van der Waals surface area contributed by atoms with Crippen LogP contribution in [0.5, 0.6) is 0 Å². The van der Waals surface area contributed by atoms with Crippen LogP contribution in [-0.4, -0.2) is 18.5 Å². The molecule has 3 heteroatoms. The van der Waals surface area contributed by atoms with Crippen molar-refractivity contribution >= 4 is 5.91 Å². The summed E-state index contributed by atoms with van der Waals surface area (Å²) < 4.78 is 0. The molecule has 1 amide bonds. The molecule has 0 saturated heterocycles. The maximum absolute atomic E-state index is 12.0. The van der Waals surface area contributed by atoms with Gasteiger partial charge in [0.1, 0.15) is 0 Å². The molecule has 0 aromatic carbocycles. The van der Waals surface area contributed by atoms with Crippen LogP contribution in [0.3, 0.4) is 0 Å². The summed E-state index contributed by atoms with van der Waals surface area (Å²) in [6.45, 7) is 4.90. The number of nitrogens with two attached hydrogens (primary N) is 1. The van der Waals surface area contributed by atoms with Gasteiger partial charge in [-0.3, -0.25) is 4.79 Å². The summed E-state index contributed by atoms with van der Waals surface area (Å²) in [6, 6.07) is 0.222. The number of hydrogen-bond donors (Lipinski definition) is 2. The SMILES string of the molecule is CCC(N)CCNC(=O)C1(C)CCCCC1. The second-order valence-electron chi connectivity index (χ2n) is 5.33. The van der Waals surface area contributed by atoms with Crippen molar-refractivity contribution in [1.82, 2.24) is 5.32 Å². The summed E-state index contributed by atoms with van der Waals surface area (Å²) >= 11 is 0. The third kappa shape index (κ3) is 3.78. The monoisotopic (exact) mass is 226 g/mol. The van der Waals surface area contributed by atoms with Crippen LogP contribution < -0.4 is 11.1 Å². The van der Waals surface area contributed by atoms with E-state index in [1.54, 1.807) is 0 Å². The van der Waals surface area contributed by atoms with Gasteiger partial charge in [0.15, 0.2) is 0 Å². The van der Waals surface area contributed by atoms with Crippen molar-refractivity contribution in [2.45, 2.75) is 64.8 Å². The van der Waals surface area contributed by atoms with Crippen molar-refractivity contribution in [2.75, 3.05) is 6.54 Å². The molecule has 0 heterocycles. The van der Waals surface area contributed by atoms with Crippen molar-refractivity contribution in [3.8, 4) is 0 Å². The van der Waals surface area contributed by atoms with Crippen LogP contribution in [0.25, 0.3) is 0 Å². The van der Waals surface area contributed by atoms with E-state index in [1.165, 1.54) is 19.3 Å². The molecule has 0 aliphatic heterocycles. The van der Waals surface area contributed by atoms with Crippen LogP contribution >= 0.6 is 0 Å². The average molecular weight is 226 g/mol. The summed E-state index contributed by atoms with van der Waals surface area (Å²) in [5.74, 6) is 0.232. The number of rotatable bonds is 5. The predicted molar refractivity (Wildman–Crippen MR) is 67.1 cm³/mol. The predicted octanol–water partition coefficient (Wildman–Crippen LogP) is 2.20. The number of carbonyl (C=O) groups is 1. The van der Waals surface area contributed by atoms with E-state index in [0.29, 0.717) is 0 Å². The van der Waals surface area contributed by atoms with Crippen LogP contribution in [0.4, 0.5) is 0 Å². The van der Waals surface area contributed by atoms with Gasteiger partial charge in [0.05, 0.1) is 0 Å². The summed E-state index contributed by atoms with van der Waals surface area (Å²) in [4.78, 5) is 12.0. The zero-order valence-corrected chi connectivity index (χ0v) is 10.7. The third-order valence-corrected chi connectivity index (χ3v) is 3.83. The molecule has 0 aromatic heterocycles. The molecule has 1 fully saturated rings. The summed E-state index contributed by atoms with van der Waals surface area (Å²) in [7, 11) is 0. The van der Waals surface area contributed by atoms with Crippen LogP contribution in [0.2, 0.25) is 0 Å². The topological polar surface area (TPSA) is 55.1 Å². The average Bonchev–Trinajstić information content (AvgIpc) is 2.29. The lowest BCUT2D eigenvalue weighted by molar-refractivity contribution is -0.131. The van der Waals surface area contributed by atoms with Gasteiger partial charge in [-0.05, 0) is 25.7 Å². The van der Waals surface area contributed by atoms with Crippen molar-refractivity contribution in [1.29, 1.82) is 0 Å². The lowest BCUT2D eigenvalue weighted by atomic mass is 9.75. The minimum atomic E-state index is -0.117. The number of carbonyl (C=O) groups excluding carboxylic acids is 1. The van der Waals surface area contributed by atoms with E-state index in [0.717, 1.165) is 32.2 Å². The Kier molecular flexibility index (Phi) is 5.26. The molecule has 0 aromatic rings. The zero-order valence-electron chi connectivity index (χ0n) is 10.7. The number of nitrogens with one attached hydrogen (secondary N) is 1. The Morgan fingerprint density at radius 1 is 1.38 bits per heavy atom. The minimum Gasteiger partial charge on any atom is -0.356 e. The van der Waals surface area contributed by atoms with E-state index in [2.05, 4.69) is 19.2 Å². The van der Waals surface area contributed by atoms with Gasteiger partial charge in [-0.2, -0.15) is 0 Å². The molecule has 0 radical (unpaired) electrons. The molecule has 1 aliphatic carbocycles. The Morgan fingerprint density at radius 2 is 2.00 bits per heavy atom.